The van der Waals surface area contributed by atoms with Crippen LogP contribution in [0.15, 0.2) is 182 Å². The molecule has 0 aromatic heterocycles. The molecule has 0 aliphatic heterocycles. The van der Waals surface area contributed by atoms with E-state index in [-0.39, 0.29) is 25.7 Å². The second-order valence-corrected chi connectivity index (χ2v) is 27.4. The Hall–Kier alpha value is -5.84. The molecule has 0 bridgehead atoms. The third kappa shape index (κ3) is 72.5. The van der Waals surface area contributed by atoms with E-state index in [1.54, 1.807) is 12.2 Å². The lowest BCUT2D eigenvalue weighted by atomic mass is 10.1. The summed E-state index contributed by atoms with van der Waals surface area (Å²) in [7, 11) is -10.0. The van der Waals surface area contributed by atoms with Crippen molar-refractivity contribution in [2.45, 2.75) is 277 Å². The number of unbranched alkanes of at least 4 members (excludes halogenated alkanes) is 14. The van der Waals surface area contributed by atoms with Gasteiger partial charge in [0.25, 0.3) is 0 Å². The first kappa shape index (κ1) is 96.2. The highest BCUT2D eigenvalue weighted by Crippen LogP contribution is 2.45. The molecule has 102 heavy (non-hydrogen) atoms. The van der Waals surface area contributed by atoms with Crippen LogP contribution < -0.4 is 0 Å². The monoisotopic (exact) mass is 1460 g/mol. The van der Waals surface area contributed by atoms with E-state index in [1.165, 1.54) is 6.42 Å². The van der Waals surface area contributed by atoms with Crippen LogP contribution in [0.4, 0.5) is 0 Å². The van der Waals surface area contributed by atoms with Crippen LogP contribution in [0.3, 0.4) is 0 Å². The van der Waals surface area contributed by atoms with E-state index >= 15 is 0 Å². The molecule has 0 rings (SSSR count). The van der Waals surface area contributed by atoms with Crippen molar-refractivity contribution < 1.29 is 80.2 Å². The lowest BCUT2D eigenvalue weighted by molar-refractivity contribution is -0.161. The molecule has 0 saturated heterocycles. The Balaban J connectivity index is 5.47. The van der Waals surface area contributed by atoms with Gasteiger partial charge in [-0.25, -0.2) is 9.13 Å². The number of rotatable bonds is 69. The molecule has 19 heteroatoms. The van der Waals surface area contributed by atoms with Crippen molar-refractivity contribution in [3.63, 3.8) is 0 Å². The summed E-state index contributed by atoms with van der Waals surface area (Å²) in [5.41, 5.74) is 0. The number of ether oxygens (including phenoxy) is 4. The molecular weight excluding hydrogens is 1330 g/mol. The highest BCUT2D eigenvalue weighted by molar-refractivity contribution is 7.47. The van der Waals surface area contributed by atoms with E-state index in [0.717, 1.165) is 167 Å². The molecule has 0 amide bonds. The number of allylic oxidation sites excluding steroid dienone is 29. The summed E-state index contributed by atoms with van der Waals surface area (Å²) in [6.45, 7) is 4.24. The zero-order chi connectivity index (χ0) is 74.6. The quantitative estimate of drug-likeness (QED) is 0.0169. The number of esters is 4. The molecule has 5 atom stereocenters. The minimum atomic E-state index is -5.02. The minimum absolute atomic E-state index is 0.0629. The Bertz CT molecular complexity index is 2650. The zero-order valence-corrected chi connectivity index (χ0v) is 64.5. The number of aliphatic hydroxyl groups is 1. The van der Waals surface area contributed by atoms with Crippen LogP contribution in [-0.4, -0.2) is 96.7 Å². The van der Waals surface area contributed by atoms with Gasteiger partial charge in [-0.3, -0.25) is 37.3 Å². The van der Waals surface area contributed by atoms with Gasteiger partial charge in [0.2, 0.25) is 0 Å². The van der Waals surface area contributed by atoms with Gasteiger partial charge in [-0.15, -0.1) is 0 Å². The number of phosphoric ester groups is 2. The predicted octanol–water partition coefficient (Wildman–Crippen LogP) is 22.0. The van der Waals surface area contributed by atoms with Crippen molar-refractivity contribution in [1.29, 1.82) is 0 Å². The van der Waals surface area contributed by atoms with Gasteiger partial charge in [0.05, 0.1) is 32.8 Å². The maximum absolute atomic E-state index is 13.1. The van der Waals surface area contributed by atoms with Crippen molar-refractivity contribution in [1.82, 2.24) is 0 Å². The second kappa shape index (κ2) is 73.5. The van der Waals surface area contributed by atoms with Crippen LogP contribution in [0, 0.1) is 0 Å². The number of carbonyl (C=O) groups excluding carboxylic acids is 4. The lowest BCUT2D eigenvalue weighted by Gasteiger charge is -2.21. The molecule has 576 valence electrons. The van der Waals surface area contributed by atoms with E-state index in [4.69, 9.17) is 37.0 Å². The molecule has 0 fully saturated rings. The highest BCUT2D eigenvalue weighted by Gasteiger charge is 2.30. The SMILES string of the molecule is CC/C=C\C/C=C\C/C=C\C/C=C\C/C=C\CCCC(=O)OCC(COP(=O)(O)OCC(O)COP(=O)(O)OCC(COC(=O)CCCCCCCC/C=C\C/C=C\C/C=C\C/C=C\CC)OC(=O)C/C=C\C/C=C\C/C=C\C/C=C\C/C=C\CC)OC(=O)CCCCCCC/C=C\CCCC. The molecular formula is C83H132O17P2. The Kier molecular flexibility index (Phi) is 69.3. The Morgan fingerprint density at radius 1 is 0.294 bits per heavy atom. The van der Waals surface area contributed by atoms with E-state index in [0.29, 0.717) is 32.1 Å². The van der Waals surface area contributed by atoms with Gasteiger partial charge in [0, 0.05) is 19.3 Å². The molecule has 0 aromatic rings. The summed E-state index contributed by atoms with van der Waals surface area (Å²) in [5, 5.41) is 10.6. The van der Waals surface area contributed by atoms with Gasteiger partial charge in [-0.05, 0) is 148 Å². The van der Waals surface area contributed by atoms with Crippen LogP contribution in [0.5, 0.6) is 0 Å². The fraction of sp³-hybridized carbons (Fsp3) is 0.590. The van der Waals surface area contributed by atoms with Crippen LogP contribution >= 0.6 is 15.6 Å². The van der Waals surface area contributed by atoms with E-state index in [9.17, 15) is 43.2 Å². The number of carbonyl (C=O) groups is 4. The van der Waals surface area contributed by atoms with Crippen molar-refractivity contribution in [2.75, 3.05) is 39.6 Å². The van der Waals surface area contributed by atoms with E-state index in [2.05, 4.69) is 174 Å². The first-order valence-electron chi connectivity index (χ1n) is 38.0. The minimum Gasteiger partial charge on any atom is -0.462 e. The maximum Gasteiger partial charge on any atom is 0.472 e. The Labute approximate surface area is 615 Å². The van der Waals surface area contributed by atoms with Gasteiger partial charge in [0.1, 0.15) is 19.3 Å². The maximum atomic E-state index is 13.1. The van der Waals surface area contributed by atoms with Crippen molar-refractivity contribution in [2.24, 2.45) is 0 Å². The van der Waals surface area contributed by atoms with Gasteiger partial charge >= 0.3 is 39.5 Å². The summed E-state index contributed by atoms with van der Waals surface area (Å²) in [4.78, 5) is 72.8. The zero-order valence-electron chi connectivity index (χ0n) is 62.7. The smallest absolute Gasteiger partial charge is 0.462 e. The van der Waals surface area contributed by atoms with Crippen LogP contribution in [0.2, 0.25) is 0 Å². The standard InChI is InChI=1S/C83H132O17P2/c1-5-9-13-17-21-25-29-32-35-37-38-40-43-45-49-52-56-60-64-68-81(86)94-74-79(100-83(88)70-66-62-58-54-50-46-41-34-31-27-23-19-15-11-7-3)76-98-102(91,92)96-72-77(84)71-95-101(89,90)97-75-78(99-82(87)69-65-61-57-53-47-28-24-20-16-12-8-4)73-93-80(85)67-63-59-55-51-48-44-42-39-36-33-30-26-22-18-14-10-6-2/h9-11,13-15,20-27,32-36,38,40-42,44,50-51,54-55,62,66,77-79,84H,5-8,12,16-19,28-31,37,39,43,45-49,52-53,56-61,63-65,67-76H2,1-4H3,(H,89,90)(H,91,92)/b13-9-,14-10-,15-11-,24-20-,25-21-,26-22-,27-23-,35-32-,36-33-,40-38-,41-34-,44-42-,54-50-,55-51-,66-62-. The second-order valence-electron chi connectivity index (χ2n) is 24.5. The molecule has 5 unspecified atom stereocenters. The topological polar surface area (TPSA) is 237 Å². The highest BCUT2D eigenvalue weighted by atomic mass is 31.2. The van der Waals surface area contributed by atoms with Gasteiger partial charge in [-0.1, -0.05) is 268 Å². The first-order chi connectivity index (χ1) is 49.7. The molecule has 0 aromatic carbocycles. The molecule has 0 spiro atoms. The summed E-state index contributed by atoms with van der Waals surface area (Å²) in [6, 6.07) is 0. The summed E-state index contributed by atoms with van der Waals surface area (Å²) < 4.78 is 68.2. The largest absolute Gasteiger partial charge is 0.472 e. The number of phosphoric acid groups is 2. The number of hydrogen-bond acceptors (Lipinski definition) is 15. The Morgan fingerprint density at radius 3 is 0.922 bits per heavy atom. The third-order valence-corrected chi connectivity index (χ3v) is 16.8. The van der Waals surface area contributed by atoms with Crippen molar-refractivity contribution in [3.8, 4) is 0 Å². The average molecular weight is 1460 g/mol. The average Bonchev–Trinajstić information content (AvgIpc) is 0.926. The summed E-state index contributed by atoms with van der Waals surface area (Å²) >= 11 is 0. The summed E-state index contributed by atoms with van der Waals surface area (Å²) in [6.07, 6.45) is 87.9. The molecule has 0 aliphatic rings. The molecule has 3 N–H and O–H groups in total. The molecule has 0 aliphatic carbocycles. The molecule has 0 radical (unpaired) electrons. The predicted molar refractivity (Wildman–Crippen MR) is 417 cm³/mol. The van der Waals surface area contributed by atoms with Crippen molar-refractivity contribution >= 4 is 39.5 Å². The molecule has 0 saturated carbocycles. The van der Waals surface area contributed by atoms with Gasteiger partial charge in [0.15, 0.2) is 12.2 Å². The van der Waals surface area contributed by atoms with Gasteiger partial charge in [-0.2, -0.15) is 0 Å². The van der Waals surface area contributed by atoms with Crippen LogP contribution in [-0.2, 0) is 65.4 Å². The van der Waals surface area contributed by atoms with Crippen LogP contribution in [0.25, 0.3) is 0 Å². The first-order valence-corrected chi connectivity index (χ1v) is 41.0. The fourth-order valence-corrected chi connectivity index (χ4v) is 10.8. The summed E-state index contributed by atoms with van der Waals surface area (Å²) in [5.74, 6) is -2.44. The molecule has 17 nitrogen and oxygen atoms in total. The third-order valence-electron chi connectivity index (χ3n) is 14.9. The lowest BCUT2D eigenvalue weighted by Crippen LogP contribution is -2.30. The fourth-order valence-electron chi connectivity index (χ4n) is 9.18. The van der Waals surface area contributed by atoms with Gasteiger partial charge < -0.3 is 33.8 Å². The van der Waals surface area contributed by atoms with Crippen LogP contribution in [0.1, 0.15) is 259 Å². The van der Waals surface area contributed by atoms with E-state index in [1.807, 2.05) is 24.3 Å². The van der Waals surface area contributed by atoms with Crippen molar-refractivity contribution in [3.05, 3.63) is 182 Å². The molecule has 0 heterocycles. The number of aliphatic hydroxyl groups excluding tert-OH is 1. The number of hydrogen-bond donors (Lipinski definition) is 3. The van der Waals surface area contributed by atoms with E-state index < -0.39 is 97.5 Å². The normalized spacial score (nSPS) is 14.9. The Morgan fingerprint density at radius 2 is 0.559 bits per heavy atom.